The highest BCUT2D eigenvalue weighted by Crippen LogP contribution is 2.59. The van der Waals surface area contributed by atoms with Crippen molar-refractivity contribution in [3.05, 3.63) is 37.0 Å². The van der Waals surface area contributed by atoms with Crippen LogP contribution < -0.4 is 13.1 Å². The second kappa shape index (κ2) is 12.9. The standard InChI is InChI=1S/C27H20F4I2O16S3/c1-44-20-12(32)8-13(33)21-22(20)49-51(39,40)15-6-9(2-3-14(15)50(37,38)48-21)23(34)46-18-10-7-11-17(25(36)47-19(11)18)16(10)24(35)45-5-4-26(28,29)27(30,31)52(41,42)43/h2-3,6,8,10-11,16-19H,4-5,7H2,1H3,(H,41,42,43). The van der Waals surface area contributed by atoms with E-state index < -0.39 is 135 Å². The van der Waals surface area contributed by atoms with E-state index in [1.807, 2.05) is 0 Å². The van der Waals surface area contributed by atoms with Crippen molar-refractivity contribution >= 4 is 93.4 Å². The first-order valence-electron chi connectivity index (χ1n) is 14.3. The highest BCUT2D eigenvalue weighted by atomic mass is 127. The number of fused-ring (bicyclic) bond motifs is 3. The fourth-order valence-corrected chi connectivity index (χ4v) is 12.0. The molecule has 2 aliphatic carbocycles. The zero-order valence-electron chi connectivity index (χ0n) is 25.5. The van der Waals surface area contributed by atoms with E-state index >= 15 is 0 Å². The summed E-state index contributed by atoms with van der Waals surface area (Å²) >= 11 is 3.49. The Morgan fingerprint density at radius 2 is 1.62 bits per heavy atom. The van der Waals surface area contributed by atoms with Gasteiger partial charge in [0.25, 0.3) is 0 Å². The molecule has 0 amide bonds. The Bertz CT molecular complexity index is 2250. The van der Waals surface area contributed by atoms with Gasteiger partial charge in [0.2, 0.25) is 11.5 Å². The molecule has 4 aliphatic rings. The summed E-state index contributed by atoms with van der Waals surface area (Å²) < 4.78 is 170. The molecule has 2 aromatic carbocycles. The van der Waals surface area contributed by atoms with Crippen molar-refractivity contribution in [1.82, 2.24) is 0 Å². The third-order valence-electron chi connectivity index (χ3n) is 8.88. The molecule has 0 radical (unpaired) electrons. The maximum absolute atomic E-state index is 13.9. The number of halogens is 6. The Labute approximate surface area is 318 Å². The van der Waals surface area contributed by atoms with Gasteiger partial charge in [-0.15, -0.1) is 0 Å². The predicted molar refractivity (Wildman–Crippen MR) is 175 cm³/mol. The minimum atomic E-state index is -6.54. The minimum Gasteiger partial charge on any atom is -0.492 e. The number of rotatable bonds is 9. The molecule has 3 fully saturated rings. The Hall–Kier alpha value is -2.76. The molecule has 1 saturated heterocycles. The van der Waals surface area contributed by atoms with Gasteiger partial charge in [-0.3, -0.25) is 14.1 Å². The Morgan fingerprint density at radius 3 is 2.25 bits per heavy atom. The predicted octanol–water partition coefficient (Wildman–Crippen LogP) is 3.14. The molecule has 284 valence electrons. The first-order valence-corrected chi connectivity index (χ1v) is 20.7. The average molecular weight is 1030 g/mol. The summed E-state index contributed by atoms with van der Waals surface area (Å²) in [6.07, 6.45) is -4.53. The van der Waals surface area contributed by atoms with Crippen molar-refractivity contribution in [2.45, 2.75) is 46.0 Å². The summed E-state index contributed by atoms with van der Waals surface area (Å²) in [6, 6.07) is 3.72. The van der Waals surface area contributed by atoms with Crippen LogP contribution in [-0.4, -0.2) is 84.8 Å². The summed E-state index contributed by atoms with van der Waals surface area (Å²) in [5.74, 6) is -14.6. The topological polar surface area (TPSA) is 229 Å². The van der Waals surface area contributed by atoms with E-state index in [-0.39, 0.29) is 15.7 Å². The highest BCUT2D eigenvalue weighted by molar-refractivity contribution is 14.1. The lowest BCUT2D eigenvalue weighted by molar-refractivity contribution is -0.178. The van der Waals surface area contributed by atoms with Crippen molar-refractivity contribution in [1.29, 1.82) is 0 Å². The number of methoxy groups -OCH3 is 1. The summed E-state index contributed by atoms with van der Waals surface area (Å²) in [6.45, 7) is -1.46. The molecule has 0 spiro atoms. The lowest BCUT2D eigenvalue weighted by Gasteiger charge is -2.30. The fourth-order valence-electron chi connectivity index (χ4n) is 6.62. The molecule has 6 unspecified atom stereocenters. The number of carbonyl (C=O) groups excluding carboxylic acids is 3. The van der Waals surface area contributed by atoms with E-state index in [1.165, 1.54) is 13.2 Å². The van der Waals surface area contributed by atoms with Crippen LogP contribution in [0.15, 0.2) is 34.1 Å². The quantitative estimate of drug-likeness (QED) is 0.0950. The van der Waals surface area contributed by atoms with Crippen LogP contribution in [0.1, 0.15) is 23.2 Å². The van der Waals surface area contributed by atoms with E-state index in [9.17, 15) is 57.2 Å². The number of hydrogen-bond donors (Lipinski definition) is 1. The van der Waals surface area contributed by atoms with Crippen molar-refractivity contribution in [3.63, 3.8) is 0 Å². The lowest BCUT2D eigenvalue weighted by Crippen LogP contribution is -2.47. The summed E-state index contributed by atoms with van der Waals surface area (Å²) in [5.41, 5.74) is -0.545. The number of alkyl halides is 4. The summed E-state index contributed by atoms with van der Waals surface area (Å²) in [7, 11) is -15.3. The van der Waals surface area contributed by atoms with Gasteiger partial charge in [-0.2, -0.15) is 42.8 Å². The molecule has 2 saturated carbocycles. The number of benzene rings is 2. The van der Waals surface area contributed by atoms with Gasteiger partial charge < -0.3 is 27.3 Å². The smallest absolute Gasteiger partial charge is 0.431 e. The van der Waals surface area contributed by atoms with Gasteiger partial charge >= 0.3 is 59.4 Å². The van der Waals surface area contributed by atoms with E-state index in [4.69, 9.17) is 31.9 Å². The molecule has 25 heteroatoms. The van der Waals surface area contributed by atoms with Gasteiger partial charge in [-0.05, 0) is 75.9 Å². The van der Waals surface area contributed by atoms with Crippen molar-refractivity contribution in [2.75, 3.05) is 13.7 Å². The second-order valence-corrected chi connectivity index (χ2v) is 18.6. The van der Waals surface area contributed by atoms with Gasteiger partial charge in [0.05, 0.1) is 44.7 Å². The van der Waals surface area contributed by atoms with Crippen molar-refractivity contribution in [3.8, 4) is 17.2 Å². The Kier molecular flexibility index (Phi) is 9.69. The van der Waals surface area contributed by atoms with Gasteiger partial charge in [0.1, 0.15) is 22.0 Å². The number of hydrogen-bond acceptors (Lipinski definition) is 15. The van der Waals surface area contributed by atoms with Gasteiger partial charge in [0, 0.05) is 11.8 Å². The largest absolute Gasteiger partial charge is 0.492 e. The molecule has 2 aliphatic heterocycles. The zero-order chi connectivity index (χ0) is 38.5. The Balaban J connectivity index is 1.24. The zero-order valence-corrected chi connectivity index (χ0v) is 32.2. The fraction of sp³-hybridized carbons (Fsp3) is 0.444. The van der Waals surface area contributed by atoms with Crippen molar-refractivity contribution < 1.29 is 89.1 Å². The first kappa shape index (κ1) is 38.9. The third kappa shape index (κ3) is 6.24. The van der Waals surface area contributed by atoms with E-state index in [0.717, 1.165) is 12.1 Å². The SMILES string of the molecule is COc1c(I)cc(I)c2c1OS(=O)(=O)c1cc(C(=O)OC3C4CC5C3OC(=O)C5C4C(=O)OCCC(F)(F)C(F)(F)S(=O)(=O)O)ccc1S(=O)(=O)O2. The van der Waals surface area contributed by atoms with Gasteiger partial charge in [0.15, 0.2) is 5.75 Å². The molecule has 16 nitrogen and oxygen atoms in total. The molecule has 1 N–H and O–H groups in total. The maximum atomic E-state index is 13.9. The molecular formula is C27H20F4I2O16S3. The monoisotopic (exact) mass is 1030 g/mol. The van der Waals surface area contributed by atoms with Crippen LogP contribution in [0, 0.1) is 30.8 Å². The Morgan fingerprint density at radius 1 is 0.981 bits per heavy atom. The van der Waals surface area contributed by atoms with Crippen molar-refractivity contribution in [2.24, 2.45) is 23.7 Å². The van der Waals surface area contributed by atoms with E-state index in [1.54, 1.807) is 45.2 Å². The third-order valence-corrected chi connectivity index (χ3v) is 14.1. The van der Waals surface area contributed by atoms with Crippen LogP contribution >= 0.6 is 45.2 Å². The lowest BCUT2D eigenvalue weighted by atomic mass is 9.78. The number of carbonyl (C=O) groups is 3. The van der Waals surface area contributed by atoms with Crippen LogP contribution in [0.2, 0.25) is 0 Å². The van der Waals surface area contributed by atoms with Crippen LogP contribution in [0.5, 0.6) is 17.2 Å². The van der Waals surface area contributed by atoms with E-state index in [2.05, 4.69) is 0 Å². The van der Waals surface area contributed by atoms with Crippen LogP contribution in [-0.2, 0) is 54.2 Å². The minimum absolute atomic E-state index is 0.0105. The summed E-state index contributed by atoms with van der Waals surface area (Å²) in [5, 5.41) is -5.91. The van der Waals surface area contributed by atoms with Crippen LogP contribution in [0.3, 0.4) is 0 Å². The van der Waals surface area contributed by atoms with E-state index in [0.29, 0.717) is 9.64 Å². The number of ether oxygens (including phenoxy) is 4. The van der Waals surface area contributed by atoms with Gasteiger partial charge in [-0.1, -0.05) is 0 Å². The molecule has 2 heterocycles. The highest BCUT2D eigenvalue weighted by Gasteiger charge is 2.70. The number of esters is 3. The van der Waals surface area contributed by atoms with Crippen LogP contribution in [0.25, 0.3) is 0 Å². The molecule has 2 aromatic rings. The maximum Gasteiger partial charge on any atom is 0.431 e. The normalized spacial score (nSPS) is 26.8. The molecular weight excluding hydrogens is 1010 g/mol. The second-order valence-electron chi connectivity index (χ2n) is 11.8. The molecule has 6 rings (SSSR count). The molecule has 52 heavy (non-hydrogen) atoms. The molecule has 0 aromatic heterocycles. The first-order chi connectivity index (χ1) is 23.9. The molecule has 2 bridgehead atoms. The molecule has 6 atom stereocenters. The van der Waals surface area contributed by atoms with Crippen LogP contribution in [0.4, 0.5) is 17.6 Å². The van der Waals surface area contributed by atoms with Gasteiger partial charge in [-0.25, -0.2) is 4.79 Å². The summed E-state index contributed by atoms with van der Waals surface area (Å²) in [4.78, 5) is 37.2. The average Bonchev–Trinajstić information content (AvgIpc) is 3.65.